The molecule has 2 heterocycles. The Bertz CT molecular complexity index is 441. The van der Waals surface area contributed by atoms with Gasteiger partial charge in [-0.15, -0.1) is 0 Å². The van der Waals surface area contributed by atoms with Gasteiger partial charge in [-0.05, 0) is 45.7 Å². The third-order valence-electron chi connectivity index (χ3n) is 4.34. The van der Waals surface area contributed by atoms with Gasteiger partial charge < -0.3 is 0 Å². The Hall–Kier alpha value is -1.16. The summed E-state index contributed by atoms with van der Waals surface area (Å²) in [4.78, 5) is 13.8. The first-order valence-electron chi connectivity index (χ1n) is 7.87. The number of hydrogen-bond acceptors (Lipinski definition) is 3. The molecule has 1 aliphatic rings. The van der Waals surface area contributed by atoms with Crippen LogP contribution >= 0.6 is 0 Å². The summed E-state index contributed by atoms with van der Waals surface area (Å²) in [6.45, 7) is 8.04. The van der Waals surface area contributed by atoms with Crippen molar-refractivity contribution < 1.29 is 4.79 Å². The number of carbonyl (C=O) groups excluding carboxylic acids is 1. The van der Waals surface area contributed by atoms with E-state index in [9.17, 15) is 4.79 Å². The van der Waals surface area contributed by atoms with Gasteiger partial charge in [0.1, 0.15) is 5.78 Å². The number of aromatic nitrogens is 2. The van der Waals surface area contributed by atoms with Crippen LogP contribution in [0.2, 0.25) is 0 Å². The van der Waals surface area contributed by atoms with Gasteiger partial charge in [0.2, 0.25) is 0 Å². The average Bonchev–Trinajstić information content (AvgIpc) is 2.88. The van der Waals surface area contributed by atoms with E-state index in [1.807, 2.05) is 0 Å². The molecular formula is C16H27N3O. The molecule has 0 N–H and O–H groups in total. The van der Waals surface area contributed by atoms with Crippen LogP contribution in [0.5, 0.6) is 0 Å². The van der Waals surface area contributed by atoms with E-state index in [0.717, 1.165) is 31.6 Å². The van der Waals surface area contributed by atoms with Gasteiger partial charge in [-0.25, -0.2) is 0 Å². The Labute approximate surface area is 122 Å². The van der Waals surface area contributed by atoms with E-state index in [2.05, 4.69) is 40.8 Å². The van der Waals surface area contributed by atoms with Crippen LogP contribution in [0.3, 0.4) is 0 Å². The third kappa shape index (κ3) is 3.92. The minimum atomic E-state index is 0.298. The molecular weight excluding hydrogens is 250 g/mol. The van der Waals surface area contributed by atoms with Gasteiger partial charge in [0, 0.05) is 31.2 Å². The Balaban J connectivity index is 1.99. The number of carbonyl (C=O) groups is 1. The van der Waals surface area contributed by atoms with Gasteiger partial charge in [-0.2, -0.15) is 5.10 Å². The number of likely N-dealkylation sites (tertiary alicyclic amines) is 1. The van der Waals surface area contributed by atoms with Crippen LogP contribution in [0, 0.1) is 0 Å². The molecule has 1 aromatic rings. The van der Waals surface area contributed by atoms with E-state index in [-0.39, 0.29) is 0 Å². The number of Topliss-reactive ketones (excluding diaryl/α,β-unsaturated/α-hetero) is 1. The zero-order valence-electron chi connectivity index (χ0n) is 13.0. The van der Waals surface area contributed by atoms with Crippen molar-refractivity contribution in [3.8, 4) is 0 Å². The molecule has 0 aromatic carbocycles. The Kier molecular flexibility index (Phi) is 5.35. The molecule has 0 saturated carbocycles. The lowest BCUT2D eigenvalue weighted by atomic mass is 9.97. The second-order valence-corrected chi connectivity index (χ2v) is 6.07. The first-order chi connectivity index (χ1) is 9.60. The fourth-order valence-electron chi connectivity index (χ4n) is 2.93. The van der Waals surface area contributed by atoms with Gasteiger partial charge in [0.05, 0.1) is 5.69 Å². The van der Waals surface area contributed by atoms with Crippen LogP contribution in [-0.2, 0) is 11.3 Å². The molecule has 4 nitrogen and oxygen atoms in total. The van der Waals surface area contributed by atoms with Crippen molar-refractivity contribution >= 4 is 5.78 Å². The quantitative estimate of drug-likeness (QED) is 0.801. The van der Waals surface area contributed by atoms with E-state index in [4.69, 9.17) is 0 Å². The Morgan fingerprint density at radius 3 is 3.00 bits per heavy atom. The summed E-state index contributed by atoms with van der Waals surface area (Å²) in [6, 6.07) is 2.99. The van der Waals surface area contributed by atoms with Gasteiger partial charge in [0.15, 0.2) is 0 Å². The molecule has 0 aliphatic carbocycles. The lowest BCUT2D eigenvalue weighted by Crippen LogP contribution is -2.40. The lowest BCUT2D eigenvalue weighted by Gasteiger charge is -2.34. The summed E-state index contributed by atoms with van der Waals surface area (Å²) in [7, 11) is 0. The summed E-state index contributed by atoms with van der Waals surface area (Å²) < 4.78 is 2.05. The van der Waals surface area contributed by atoms with E-state index in [0.29, 0.717) is 24.3 Å². The maximum atomic E-state index is 11.4. The largest absolute Gasteiger partial charge is 0.300 e. The van der Waals surface area contributed by atoms with Crippen molar-refractivity contribution in [3.05, 3.63) is 18.0 Å². The van der Waals surface area contributed by atoms with Crippen LogP contribution in [0.4, 0.5) is 0 Å². The Morgan fingerprint density at radius 2 is 2.30 bits per heavy atom. The number of piperidine rings is 1. The number of nitrogens with zero attached hydrogens (tertiary/aromatic N) is 3. The molecule has 4 heteroatoms. The molecule has 2 unspecified atom stereocenters. The fraction of sp³-hybridized carbons (Fsp3) is 0.750. The van der Waals surface area contributed by atoms with E-state index in [1.54, 1.807) is 6.92 Å². The molecule has 2 rings (SSSR count). The smallest absolute Gasteiger partial charge is 0.131 e. The molecule has 2 atom stereocenters. The second kappa shape index (κ2) is 7.02. The van der Waals surface area contributed by atoms with Gasteiger partial charge in [-0.1, -0.05) is 13.3 Å². The number of rotatable bonds is 6. The predicted octanol–water partition coefficient (Wildman–Crippen LogP) is 3.19. The average molecular weight is 277 g/mol. The lowest BCUT2D eigenvalue weighted by molar-refractivity contribution is -0.118. The molecule has 0 amide bonds. The summed E-state index contributed by atoms with van der Waals surface area (Å²) in [6.07, 6.45) is 7.49. The summed E-state index contributed by atoms with van der Waals surface area (Å²) in [5.74, 6) is 0.298. The highest BCUT2D eigenvalue weighted by atomic mass is 16.1. The van der Waals surface area contributed by atoms with Gasteiger partial charge in [0.25, 0.3) is 0 Å². The molecule has 20 heavy (non-hydrogen) atoms. The highest BCUT2D eigenvalue weighted by Gasteiger charge is 2.24. The molecule has 1 aliphatic heterocycles. The third-order valence-corrected chi connectivity index (χ3v) is 4.34. The number of hydrogen-bond donors (Lipinski definition) is 0. The standard InChI is InChI=1S/C16H27N3O/c1-4-13(2)19-10-8-15(17-19)12-18-9-6-5-7-16(18)11-14(3)20/h8,10,13,16H,4-7,9,11-12H2,1-3H3. The summed E-state index contributed by atoms with van der Waals surface area (Å²) >= 11 is 0. The van der Waals surface area contributed by atoms with Crippen molar-refractivity contribution in [2.24, 2.45) is 0 Å². The first kappa shape index (κ1) is 15.2. The van der Waals surface area contributed by atoms with Crippen LogP contribution in [0.1, 0.15) is 64.6 Å². The normalized spacial score (nSPS) is 21.9. The van der Waals surface area contributed by atoms with Crippen molar-refractivity contribution in [3.63, 3.8) is 0 Å². The zero-order valence-corrected chi connectivity index (χ0v) is 13.0. The topological polar surface area (TPSA) is 38.1 Å². The van der Waals surface area contributed by atoms with E-state index >= 15 is 0 Å². The van der Waals surface area contributed by atoms with Crippen LogP contribution < -0.4 is 0 Å². The van der Waals surface area contributed by atoms with Gasteiger partial charge >= 0.3 is 0 Å². The molecule has 1 aromatic heterocycles. The fourth-order valence-corrected chi connectivity index (χ4v) is 2.93. The minimum absolute atomic E-state index is 0.298. The first-order valence-corrected chi connectivity index (χ1v) is 7.87. The van der Waals surface area contributed by atoms with Crippen LogP contribution in [0.25, 0.3) is 0 Å². The second-order valence-electron chi connectivity index (χ2n) is 6.07. The van der Waals surface area contributed by atoms with Crippen molar-refractivity contribution in [2.75, 3.05) is 6.54 Å². The zero-order chi connectivity index (χ0) is 14.5. The number of ketones is 1. The molecule has 0 bridgehead atoms. The summed E-state index contributed by atoms with van der Waals surface area (Å²) in [5.41, 5.74) is 1.13. The van der Waals surface area contributed by atoms with Crippen molar-refractivity contribution in [2.45, 2.75) is 71.5 Å². The molecule has 0 spiro atoms. The summed E-state index contributed by atoms with van der Waals surface area (Å²) in [5, 5.41) is 4.68. The van der Waals surface area contributed by atoms with Crippen LogP contribution in [0.15, 0.2) is 12.3 Å². The maximum Gasteiger partial charge on any atom is 0.131 e. The molecule has 112 valence electrons. The minimum Gasteiger partial charge on any atom is -0.300 e. The molecule has 1 saturated heterocycles. The highest BCUT2D eigenvalue weighted by Crippen LogP contribution is 2.22. The van der Waals surface area contributed by atoms with Gasteiger partial charge in [-0.3, -0.25) is 14.4 Å². The monoisotopic (exact) mass is 277 g/mol. The molecule has 0 radical (unpaired) electrons. The Morgan fingerprint density at radius 1 is 1.50 bits per heavy atom. The van der Waals surface area contributed by atoms with Crippen molar-refractivity contribution in [1.82, 2.24) is 14.7 Å². The van der Waals surface area contributed by atoms with Crippen LogP contribution in [-0.4, -0.2) is 33.1 Å². The SMILES string of the molecule is CCC(C)n1ccc(CN2CCCCC2CC(C)=O)n1. The predicted molar refractivity (Wildman–Crippen MR) is 80.6 cm³/mol. The van der Waals surface area contributed by atoms with Crippen molar-refractivity contribution in [1.29, 1.82) is 0 Å². The molecule has 1 fully saturated rings. The highest BCUT2D eigenvalue weighted by molar-refractivity contribution is 5.76. The maximum absolute atomic E-state index is 11.4. The van der Waals surface area contributed by atoms with E-state index < -0.39 is 0 Å². The van der Waals surface area contributed by atoms with E-state index in [1.165, 1.54) is 12.8 Å².